The molecule has 2 aromatic rings. The maximum atomic E-state index is 12.5. The van der Waals surface area contributed by atoms with Crippen LogP contribution in [0.2, 0.25) is 0 Å². The van der Waals surface area contributed by atoms with Gasteiger partial charge in [0.15, 0.2) is 0 Å². The van der Waals surface area contributed by atoms with E-state index in [0.29, 0.717) is 6.42 Å². The van der Waals surface area contributed by atoms with E-state index >= 15 is 0 Å². The number of aryl methyl sites for hydroxylation is 1. The molecule has 1 amide bonds. The molecule has 0 spiro atoms. The summed E-state index contributed by atoms with van der Waals surface area (Å²) >= 11 is 1.83. The van der Waals surface area contributed by atoms with Crippen LogP contribution in [0, 0.1) is 0 Å². The minimum atomic E-state index is 0.208. The number of thioether (sulfide) groups is 1. The van der Waals surface area contributed by atoms with E-state index in [1.807, 2.05) is 11.8 Å². The average Bonchev–Trinajstić information content (AvgIpc) is 2.84. The minimum Gasteiger partial charge on any atom is -0.368 e. The third kappa shape index (κ3) is 6.08. The first-order valence-electron chi connectivity index (χ1n) is 12.2. The fraction of sp³-hybridized carbons (Fsp3) is 0.519. The highest BCUT2D eigenvalue weighted by Crippen LogP contribution is 2.30. The number of nitrogens with zero attached hydrogens (tertiary/aromatic N) is 2. The van der Waals surface area contributed by atoms with Crippen LogP contribution < -0.4 is 10.2 Å². The zero-order chi connectivity index (χ0) is 22.2. The van der Waals surface area contributed by atoms with Crippen LogP contribution in [0.4, 0.5) is 5.69 Å². The maximum absolute atomic E-state index is 12.5. The molecule has 0 saturated carbocycles. The monoisotopic (exact) mass is 451 g/mol. The predicted molar refractivity (Wildman–Crippen MR) is 136 cm³/mol. The number of hydrogen-bond donors (Lipinski definition) is 1. The molecule has 1 saturated heterocycles. The number of piperazine rings is 1. The Morgan fingerprint density at radius 3 is 2.62 bits per heavy atom. The van der Waals surface area contributed by atoms with Crippen molar-refractivity contribution >= 4 is 23.4 Å². The van der Waals surface area contributed by atoms with Crippen molar-refractivity contribution in [1.82, 2.24) is 10.2 Å². The third-order valence-electron chi connectivity index (χ3n) is 6.88. The van der Waals surface area contributed by atoms with E-state index in [0.717, 1.165) is 64.8 Å². The summed E-state index contributed by atoms with van der Waals surface area (Å²) in [5, 5.41) is 3.29. The Labute approximate surface area is 197 Å². The van der Waals surface area contributed by atoms with Gasteiger partial charge in [-0.15, -0.1) is 11.8 Å². The Hall–Kier alpha value is -1.98. The van der Waals surface area contributed by atoms with Crippen molar-refractivity contribution in [1.29, 1.82) is 0 Å². The number of benzene rings is 2. The molecule has 4 rings (SSSR count). The highest BCUT2D eigenvalue weighted by Gasteiger charge is 2.21. The summed E-state index contributed by atoms with van der Waals surface area (Å²) in [6.45, 7) is 5.61. The smallest absolute Gasteiger partial charge is 0.220 e. The van der Waals surface area contributed by atoms with Gasteiger partial charge >= 0.3 is 0 Å². The number of anilines is 1. The van der Waals surface area contributed by atoms with Crippen LogP contribution in [-0.2, 0) is 11.2 Å². The summed E-state index contributed by atoms with van der Waals surface area (Å²) in [5.74, 6) is 0.216. The number of unbranched alkanes of at least 4 members (excludes halogenated alkanes) is 2. The molecule has 1 aliphatic heterocycles. The average molecular weight is 452 g/mol. The van der Waals surface area contributed by atoms with E-state index in [4.69, 9.17) is 0 Å². The predicted octanol–water partition coefficient (Wildman–Crippen LogP) is 5.28. The molecule has 1 fully saturated rings. The second-order valence-corrected chi connectivity index (χ2v) is 9.87. The minimum absolute atomic E-state index is 0.208. The highest BCUT2D eigenvalue weighted by molar-refractivity contribution is 7.98. The summed E-state index contributed by atoms with van der Waals surface area (Å²) in [7, 11) is 0. The van der Waals surface area contributed by atoms with E-state index in [1.165, 1.54) is 28.1 Å². The second kappa shape index (κ2) is 11.8. The molecule has 0 unspecified atom stereocenters. The van der Waals surface area contributed by atoms with Crippen molar-refractivity contribution < 1.29 is 4.79 Å². The van der Waals surface area contributed by atoms with Crippen LogP contribution in [0.25, 0.3) is 0 Å². The van der Waals surface area contributed by atoms with Gasteiger partial charge in [-0.05, 0) is 68.2 Å². The fourth-order valence-electron chi connectivity index (χ4n) is 5.07. The lowest BCUT2D eigenvalue weighted by molar-refractivity contribution is -0.122. The molecule has 5 heteroatoms. The van der Waals surface area contributed by atoms with Crippen molar-refractivity contribution in [3.63, 3.8) is 0 Å². The highest BCUT2D eigenvalue weighted by atomic mass is 32.2. The Balaban J connectivity index is 1.11. The van der Waals surface area contributed by atoms with E-state index in [9.17, 15) is 4.79 Å². The molecule has 1 aliphatic carbocycles. The fourth-order valence-corrected chi connectivity index (χ4v) is 5.69. The van der Waals surface area contributed by atoms with Gasteiger partial charge in [-0.3, -0.25) is 9.69 Å². The standard InChI is InChI=1S/C27H37N3OS/c1-32-26-15-7-6-14-25(26)30-20-18-29(19-21-30)17-8-2-3-16-27(31)28-24-13-9-11-22-10-4-5-12-23(22)24/h4-7,10,12,14-15,24H,2-3,8-9,11,13,16-21H2,1H3,(H,28,31)/t24-/m1/s1. The second-order valence-electron chi connectivity index (χ2n) is 9.02. The quantitative estimate of drug-likeness (QED) is 0.415. The van der Waals surface area contributed by atoms with Gasteiger partial charge in [-0.1, -0.05) is 42.8 Å². The van der Waals surface area contributed by atoms with Gasteiger partial charge in [0.05, 0.1) is 11.7 Å². The van der Waals surface area contributed by atoms with Crippen molar-refractivity contribution in [2.24, 2.45) is 0 Å². The number of carbonyl (C=O) groups is 1. The zero-order valence-electron chi connectivity index (χ0n) is 19.4. The number of nitrogens with one attached hydrogen (secondary N) is 1. The van der Waals surface area contributed by atoms with Gasteiger partial charge in [-0.25, -0.2) is 0 Å². The Morgan fingerprint density at radius 1 is 1.00 bits per heavy atom. The van der Waals surface area contributed by atoms with Gasteiger partial charge in [0.25, 0.3) is 0 Å². The molecule has 2 aromatic carbocycles. The van der Waals surface area contributed by atoms with Gasteiger partial charge in [0, 0.05) is 37.5 Å². The van der Waals surface area contributed by atoms with Gasteiger partial charge in [0.1, 0.15) is 0 Å². The SMILES string of the molecule is CSc1ccccc1N1CCN(CCCCCC(=O)N[C@@H]2CCCc3ccccc32)CC1. The van der Waals surface area contributed by atoms with Crippen molar-refractivity contribution in [2.75, 3.05) is 43.9 Å². The van der Waals surface area contributed by atoms with E-state index in [-0.39, 0.29) is 11.9 Å². The van der Waals surface area contributed by atoms with Crippen molar-refractivity contribution in [3.8, 4) is 0 Å². The number of hydrogen-bond acceptors (Lipinski definition) is 4. The first-order chi connectivity index (χ1) is 15.7. The Kier molecular flexibility index (Phi) is 8.52. The van der Waals surface area contributed by atoms with Crippen LogP contribution in [0.15, 0.2) is 53.4 Å². The lowest BCUT2D eigenvalue weighted by Gasteiger charge is -2.36. The molecule has 1 atom stereocenters. The summed E-state index contributed by atoms with van der Waals surface area (Å²) in [6.07, 6.45) is 9.48. The summed E-state index contributed by atoms with van der Waals surface area (Å²) in [4.78, 5) is 19.0. The molecule has 1 N–H and O–H groups in total. The van der Waals surface area contributed by atoms with Crippen LogP contribution in [0.3, 0.4) is 0 Å². The van der Waals surface area contributed by atoms with E-state index in [1.54, 1.807) is 0 Å². The molecular weight excluding hydrogens is 414 g/mol. The normalized spacial score (nSPS) is 18.9. The number of rotatable bonds is 9. The molecule has 1 heterocycles. The lowest BCUT2D eigenvalue weighted by Crippen LogP contribution is -2.46. The first kappa shape index (κ1) is 23.2. The number of carbonyl (C=O) groups excluding carboxylic acids is 1. The lowest BCUT2D eigenvalue weighted by atomic mass is 9.87. The molecule has 0 bridgehead atoms. The number of para-hydroxylation sites is 1. The Morgan fingerprint density at radius 2 is 1.78 bits per heavy atom. The molecule has 0 radical (unpaired) electrons. The van der Waals surface area contributed by atoms with Crippen molar-refractivity contribution in [3.05, 3.63) is 59.7 Å². The van der Waals surface area contributed by atoms with Crippen LogP contribution >= 0.6 is 11.8 Å². The molecule has 4 nitrogen and oxygen atoms in total. The first-order valence-corrected chi connectivity index (χ1v) is 13.4. The zero-order valence-corrected chi connectivity index (χ0v) is 20.2. The molecule has 32 heavy (non-hydrogen) atoms. The molecule has 0 aromatic heterocycles. The molecule has 2 aliphatic rings. The van der Waals surface area contributed by atoms with Gasteiger partial charge < -0.3 is 10.2 Å². The van der Waals surface area contributed by atoms with Crippen molar-refractivity contribution in [2.45, 2.75) is 55.9 Å². The maximum Gasteiger partial charge on any atom is 0.220 e. The molecular formula is C27H37N3OS. The third-order valence-corrected chi connectivity index (χ3v) is 7.67. The number of fused-ring (bicyclic) bond motifs is 1. The van der Waals surface area contributed by atoms with Crippen LogP contribution in [0.1, 0.15) is 55.7 Å². The summed E-state index contributed by atoms with van der Waals surface area (Å²) in [6, 6.07) is 17.5. The molecule has 172 valence electrons. The summed E-state index contributed by atoms with van der Waals surface area (Å²) in [5.41, 5.74) is 4.11. The van der Waals surface area contributed by atoms with E-state index in [2.05, 4.69) is 69.9 Å². The van der Waals surface area contributed by atoms with Gasteiger partial charge in [0.2, 0.25) is 5.91 Å². The van der Waals surface area contributed by atoms with Gasteiger partial charge in [-0.2, -0.15) is 0 Å². The topological polar surface area (TPSA) is 35.6 Å². The Bertz CT molecular complexity index is 879. The van der Waals surface area contributed by atoms with E-state index < -0.39 is 0 Å². The number of amides is 1. The largest absolute Gasteiger partial charge is 0.368 e. The summed E-state index contributed by atoms with van der Waals surface area (Å²) < 4.78 is 0. The van der Waals surface area contributed by atoms with Crippen LogP contribution in [-0.4, -0.2) is 49.8 Å². The van der Waals surface area contributed by atoms with Crippen LogP contribution in [0.5, 0.6) is 0 Å².